The van der Waals surface area contributed by atoms with Crippen molar-refractivity contribution in [1.82, 2.24) is 10.6 Å². The number of alkyl carbamates (subject to hydrolysis) is 1. The number of hydrogen-bond donors (Lipinski definition) is 2. The average molecular weight is 551 g/mol. The summed E-state index contributed by atoms with van der Waals surface area (Å²) in [6.45, 7) is 3.60. The summed E-state index contributed by atoms with van der Waals surface area (Å²) in [7, 11) is 0. The Labute approximate surface area is 234 Å². The SMILES string of the molecule is CCC(C)[C@H](NC(=O)OCc1ccccc1)C(=O)NC(Cc1ccccc1)C(=O)C(F)(F)CCc1ccccc1. The molecule has 3 aromatic rings. The van der Waals surface area contributed by atoms with E-state index in [9.17, 15) is 14.4 Å². The fraction of sp³-hybridized carbons (Fsp3) is 0.344. The first-order chi connectivity index (χ1) is 19.2. The van der Waals surface area contributed by atoms with Gasteiger partial charge in [0.1, 0.15) is 12.6 Å². The second-order valence-electron chi connectivity index (χ2n) is 9.87. The molecule has 212 valence electrons. The number of ketones is 1. The van der Waals surface area contributed by atoms with Crippen molar-refractivity contribution in [3.05, 3.63) is 108 Å². The van der Waals surface area contributed by atoms with Crippen LogP contribution in [-0.4, -0.2) is 35.8 Å². The number of carbonyl (C=O) groups excluding carboxylic acids is 3. The summed E-state index contributed by atoms with van der Waals surface area (Å²) in [5, 5.41) is 5.08. The maximum atomic E-state index is 15.2. The molecule has 6 nitrogen and oxygen atoms in total. The normalized spacial score (nSPS) is 13.5. The van der Waals surface area contributed by atoms with Crippen LogP contribution in [0.25, 0.3) is 0 Å². The maximum absolute atomic E-state index is 15.2. The second kappa shape index (κ2) is 14.9. The molecule has 2 N–H and O–H groups in total. The standard InChI is InChI=1S/C32H36F2N2O4/c1-3-23(2)28(36-31(39)40-22-26-17-11-6-12-18-26)30(38)35-27(21-25-15-9-5-10-16-25)29(37)32(33,34)20-19-24-13-7-4-8-14-24/h4-18,23,27-28H,3,19-22H2,1-2H3,(H,35,38)(H,36,39)/t23?,27?,28-/m0/s1. The van der Waals surface area contributed by atoms with E-state index in [1.54, 1.807) is 79.7 Å². The monoisotopic (exact) mass is 550 g/mol. The highest BCUT2D eigenvalue weighted by Crippen LogP contribution is 2.25. The predicted molar refractivity (Wildman–Crippen MR) is 150 cm³/mol. The van der Waals surface area contributed by atoms with Crippen LogP contribution in [0.3, 0.4) is 0 Å². The smallest absolute Gasteiger partial charge is 0.408 e. The van der Waals surface area contributed by atoms with Crippen LogP contribution in [0, 0.1) is 5.92 Å². The van der Waals surface area contributed by atoms with Crippen LogP contribution in [0.15, 0.2) is 91.0 Å². The summed E-state index contributed by atoms with van der Waals surface area (Å²) < 4.78 is 35.7. The molecule has 0 saturated heterocycles. The fourth-order valence-electron chi connectivity index (χ4n) is 4.24. The van der Waals surface area contributed by atoms with Gasteiger partial charge >= 0.3 is 12.0 Å². The van der Waals surface area contributed by atoms with Crippen LogP contribution in [0.4, 0.5) is 13.6 Å². The van der Waals surface area contributed by atoms with Crippen molar-refractivity contribution in [2.24, 2.45) is 5.92 Å². The number of halogens is 2. The van der Waals surface area contributed by atoms with E-state index in [-0.39, 0.29) is 25.4 Å². The third-order valence-electron chi connectivity index (χ3n) is 6.83. The van der Waals surface area contributed by atoms with Gasteiger partial charge in [-0.3, -0.25) is 9.59 Å². The summed E-state index contributed by atoms with van der Waals surface area (Å²) in [5.74, 6) is -6.11. The molecular formula is C32H36F2N2O4. The van der Waals surface area contributed by atoms with Gasteiger partial charge in [-0.05, 0) is 35.4 Å². The zero-order valence-electron chi connectivity index (χ0n) is 22.8. The number of benzene rings is 3. The Kier molecular flexibility index (Phi) is 11.4. The lowest BCUT2D eigenvalue weighted by atomic mass is 9.93. The molecule has 0 aliphatic rings. The van der Waals surface area contributed by atoms with Gasteiger partial charge in [0.25, 0.3) is 0 Å². The van der Waals surface area contributed by atoms with Crippen LogP contribution in [-0.2, 0) is 33.8 Å². The molecule has 0 heterocycles. The summed E-state index contributed by atoms with van der Waals surface area (Å²) in [6.07, 6.45) is -1.09. The van der Waals surface area contributed by atoms with Crippen molar-refractivity contribution in [2.75, 3.05) is 0 Å². The molecule has 3 aromatic carbocycles. The van der Waals surface area contributed by atoms with Gasteiger partial charge in [-0.15, -0.1) is 0 Å². The molecule has 0 radical (unpaired) electrons. The Balaban J connectivity index is 1.74. The minimum absolute atomic E-state index is 0.00424. The van der Waals surface area contributed by atoms with Crippen LogP contribution >= 0.6 is 0 Å². The molecule has 0 fully saturated rings. The van der Waals surface area contributed by atoms with E-state index < -0.39 is 42.2 Å². The summed E-state index contributed by atoms with van der Waals surface area (Å²) >= 11 is 0. The van der Waals surface area contributed by atoms with Gasteiger partial charge in [0, 0.05) is 6.42 Å². The van der Waals surface area contributed by atoms with Gasteiger partial charge in [0.2, 0.25) is 11.7 Å². The molecule has 3 atom stereocenters. The van der Waals surface area contributed by atoms with Gasteiger partial charge in [-0.1, -0.05) is 111 Å². The average Bonchev–Trinajstić information content (AvgIpc) is 2.98. The zero-order valence-corrected chi connectivity index (χ0v) is 22.8. The lowest BCUT2D eigenvalue weighted by Crippen LogP contribution is -2.56. The number of rotatable bonds is 14. The third kappa shape index (κ3) is 9.29. The molecule has 3 rings (SSSR count). The number of ether oxygens (including phenoxy) is 1. The van der Waals surface area contributed by atoms with E-state index in [2.05, 4.69) is 10.6 Å². The quantitative estimate of drug-likeness (QED) is 0.262. The summed E-state index contributed by atoms with van der Waals surface area (Å²) in [5.41, 5.74) is 2.08. The molecular weight excluding hydrogens is 514 g/mol. The van der Waals surface area contributed by atoms with Gasteiger partial charge in [0.05, 0.1) is 6.04 Å². The molecule has 0 aliphatic carbocycles. The minimum atomic E-state index is -3.67. The first-order valence-corrected chi connectivity index (χ1v) is 13.5. The van der Waals surface area contributed by atoms with Crippen molar-refractivity contribution in [3.8, 4) is 0 Å². The number of amides is 2. The molecule has 2 unspecified atom stereocenters. The third-order valence-corrected chi connectivity index (χ3v) is 6.83. The first kappa shape index (κ1) is 30.5. The molecule has 40 heavy (non-hydrogen) atoms. The fourth-order valence-corrected chi connectivity index (χ4v) is 4.24. The van der Waals surface area contributed by atoms with E-state index in [0.717, 1.165) is 5.56 Å². The largest absolute Gasteiger partial charge is 0.445 e. The first-order valence-electron chi connectivity index (χ1n) is 13.5. The predicted octanol–water partition coefficient (Wildman–Crippen LogP) is 5.89. The van der Waals surface area contributed by atoms with Crippen molar-refractivity contribution in [2.45, 2.75) is 64.1 Å². The van der Waals surface area contributed by atoms with Crippen LogP contribution < -0.4 is 10.6 Å². The van der Waals surface area contributed by atoms with Crippen LogP contribution in [0.2, 0.25) is 0 Å². The number of hydrogen-bond acceptors (Lipinski definition) is 4. The maximum Gasteiger partial charge on any atom is 0.408 e. The van der Waals surface area contributed by atoms with E-state index in [0.29, 0.717) is 17.5 Å². The van der Waals surface area contributed by atoms with Crippen molar-refractivity contribution >= 4 is 17.8 Å². The molecule has 8 heteroatoms. The summed E-state index contributed by atoms with van der Waals surface area (Å²) in [4.78, 5) is 39.1. The van der Waals surface area contributed by atoms with Crippen molar-refractivity contribution in [1.29, 1.82) is 0 Å². The van der Waals surface area contributed by atoms with Crippen molar-refractivity contribution in [3.63, 3.8) is 0 Å². The number of Topliss-reactive ketones (excluding diaryl/α,β-unsaturated/α-hetero) is 1. The number of alkyl halides is 2. The van der Waals surface area contributed by atoms with E-state index >= 15 is 8.78 Å². The van der Waals surface area contributed by atoms with Crippen LogP contribution in [0.5, 0.6) is 0 Å². The molecule has 0 aromatic heterocycles. The Hall–Kier alpha value is -4.07. The zero-order chi connectivity index (χ0) is 29.0. The molecule has 0 aliphatic heterocycles. The Morgan fingerprint density at radius 2 is 1.32 bits per heavy atom. The molecule has 0 spiro atoms. The van der Waals surface area contributed by atoms with E-state index in [1.165, 1.54) is 0 Å². The van der Waals surface area contributed by atoms with E-state index in [4.69, 9.17) is 4.74 Å². The Morgan fingerprint density at radius 1 is 0.800 bits per heavy atom. The Morgan fingerprint density at radius 3 is 1.88 bits per heavy atom. The number of nitrogens with one attached hydrogen (secondary N) is 2. The molecule has 2 amide bonds. The highest BCUT2D eigenvalue weighted by Gasteiger charge is 2.43. The summed E-state index contributed by atoms with van der Waals surface area (Å²) in [6, 6.07) is 23.9. The van der Waals surface area contributed by atoms with Crippen LogP contribution in [0.1, 0.15) is 43.4 Å². The number of aryl methyl sites for hydroxylation is 1. The van der Waals surface area contributed by atoms with Gasteiger partial charge < -0.3 is 15.4 Å². The van der Waals surface area contributed by atoms with Gasteiger partial charge in [-0.2, -0.15) is 8.78 Å². The minimum Gasteiger partial charge on any atom is -0.445 e. The van der Waals surface area contributed by atoms with E-state index in [1.807, 2.05) is 25.1 Å². The van der Waals surface area contributed by atoms with Crippen molar-refractivity contribution < 1.29 is 27.9 Å². The lowest BCUT2D eigenvalue weighted by Gasteiger charge is -2.28. The number of carbonyl (C=O) groups is 3. The molecule has 0 bridgehead atoms. The molecule has 0 saturated carbocycles. The van der Waals surface area contributed by atoms with Gasteiger partial charge in [0.15, 0.2) is 0 Å². The highest BCUT2D eigenvalue weighted by molar-refractivity contribution is 5.95. The van der Waals surface area contributed by atoms with Gasteiger partial charge in [-0.25, -0.2) is 4.79 Å². The lowest BCUT2D eigenvalue weighted by molar-refractivity contribution is -0.148. The topological polar surface area (TPSA) is 84.5 Å². The highest BCUT2D eigenvalue weighted by atomic mass is 19.3. The Bertz CT molecular complexity index is 1220. The second-order valence-corrected chi connectivity index (χ2v) is 9.87.